The van der Waals surface area contributed by atoms with Crippen LogP contribution >= 0.6 is 11.3 Å². The average molecular weight is 445 g/mol. The topological polar surface area (TPSA) is 127 Å². The highest BCUT2D eigenvalue weighted by Gasteiger charge is 2.25. The van der Waals surface area contributed by atoms with Crippen molar-refractivity contribution in [2.45, 2.75) is 5.37 Å². The molecule has 1 atom stereocenters. The van der Waals surface area contributed by atoms with Gasteiger partial charge in [0, 0.05) is 47.6 Å². The number of fused-ring (bicyclic) bond motifs is 2. The van der Waals surface area contributed by atoms with E-state index in [0.717, 1.165) is 34.1 Å². The lowest BCUT2D eigenvalue weighted by Gasteiger charge is -2.28. The van der Waals surface area contributed by atoms with Gasteiger partial charge in [0.1, 0.15) is 21.7 Å². The highest BCUT2D eigenvalue weighted by molar-refractivity contribution is 7.91. The molecule has 5 heterocycles. The van der Waals surface area contributed by atoms with Crippen LogP contribution in [0.1, 0.15) is 10.3 Å². The Kier molecular flexibility index (Phi) is 4.69. The van der Waals surface area contributed by atoms with Crippen LogP contribution in [-0.4, -0.2) is 60.9 Å². The van der Waals surface area contributed by atoms with Crippen molar-refractivity contribution in [3.63, 3.8) is 0 Å². The summed E-state index contributed by atoms with van der Waals surface area (Å²) in [5.74, 6) is 1.30. The summed E-state index contributed by atoms with van der Waals surface area (Å²) in [4.78, 5) is 20.5. The van der Waals surface area contributed by atoms with E-state index in [0.29, 0.717) is 41.8 Å². The second-order valence-electron chi connectivity index (χ2n) is 7.23. The fourth-order valence-corrected chi connectivity index (χ4v) is 5.55. The Morgan fingerprint density at radius 1 is 1.27 bits per heavy atom. The molecule has 11 heteroatoms. The van der Waals surface area contributed by atoms with E-state index >= 15 is 0 Å². The van der Waals surface area contributed by atoms with Crippen LogP contribution in [0.3, 0.4) is 0 Å². The van der Waals surface area contributed by atoms with Gasteiger partial charge in [-0.1, -0.05) is 0 Å². The number of sulfone groups is 1. The molecule has 1 saturated heterocycles. The van der Waals surface area contributed by atoms with Gasteiger partial charge in [-0.3, -0.25) is 0 Å². The van der Waals surface area contributed by atoms with Crippen molar-refractivity contribution in [2.75, 3.05) is 37.5 Å². The van der Waals surface area contributed by atoms with Gasteiger partial charge in [-0.25, -0.2) is 23.4 Å². The van der Waals surface area contributed by atoms with Gasteiger partial charge in [-0.2, -0.15) is 0 Å². The zero-order valence-corrected chi connectivity index (χ0v) is 17.8. The van der Waals surface area contributed by atoms with Gasteiger partial charge in [-0.05, 0) is 18.2 Å². The fraction of sp³-hybridized carbons (Fsp3) is 0.316. The third-order valence-corrected chi connectivity index (χ3v) is 7.54. The molecule has 0 saturated carbocycles. The normalized spacial score (nSPS) is 16.4. The second-order valence-corrected chi connectivity index (χ2v) is 10.5. The van der Waals surface area contributed by atoms with Crippen LogP contribution in [0.2, 0.25) is 0 Å². The lowest BCUT2D eigenvalue weighted by molar-refractivity contribution is 0.122. The van der Waals surface area contributed by atoms with Gasteiger partial charge in [0.25, 0.3) is 0 Å². The van der Waals surface area contributed by atoms with Gasteiger partial charge in [0.15, 0.2) is 15.7 Å². The predicted molar refractivity (Wildman–Crippen MR) is 117 cm³/mol. The van der Waals surface area contributed by atoms with E-state index in [1.807, 2.05) is 18.3 Å². The summed E-state index contributed by atoms with van der Waals surface area (Å²) >= 11 is 1.28. The van der Waals surface area contributed by atoms with Crippen LogP contribution in [0, 0.1) is 0 Å². The monoisotopic (exact) mass is 444 g/mol. The quantitative estimate of drug-likeness (QED) is 0.490. The van der Waals surface area contributed by atoms with Crippen molar-refractivity contribution in [3.8, 4) is 11.4 Å². The molecule has 3 N–H and O–H groups in total. The van der Waals surface area contributed by atoms with E-state index in [2.05, 4.69) is 14.9 Å². The predicted octanol–water partition coefficient (Wildman–Crippen LogP) is 2.07. The Morgan fingerprint density at radius 2 is 2.07 bits per heavy atom. The highest BCUT2D eigenvalue weighted by Crippen LogP contribution is 2.36. The summed E-state index contributed by atoms with van der Waals surface area (Å²) in [7, 11) is -3.43. The lowest BCUT2D eigenvalue weighted by atomic mass is 10.2. The number of aromatic amines is 1. The average Bonchev–Trinajstić information content (AvgIpc) is 3.38. The molecule has 0 aliphatic carbocycles. The minimum Gasteiger partial charge on any atom is -0.378 e. The second kappa shape index (κ2) is 7.27. The summed E-state index contributed by atoms with van der Waals surface area (Å²) in [5, 5.41) is 0.682. The van der Waals surface area contributed by atoms with E-state index in [-0.39, 0.29) is 0 Å². The first-order valence-electron chi connectivity index (χ1n) is 9.42. The Balaban J connectivity index is 1.69. The van der Waals surface area contributed by atoms with Crippen molar-refractivity contribution in [3.05, 3.63) is 35.5 Å². The van der Waals surface area contributed by atoms with Crippen molar-refractivity contribution in [2.24, 2.45) is 5.73 Å². The molecule has 0 aromatic carbocycles. The number of nitrogens with one attached hydrogen (secondary N) is 1. The van der Waals surface area contributed by atoms with Crippen LogP contribution in [-0.2, 0) is 14.6 Å². The Hall–Kier alpha value is -2.60. The van der Waals surface area contributed by atoms with Gasteiger partial charge < -0.3 is 20.4 Å². The molecule has 1 aliphatic heterocycles. The SMILES string of the molecule is CS(=O)(=O)C(N)c1cc2c(N3CCOCC3)nc(-c3cnc4[nH]ccc4c3)nc2s1. The third-order valence-electron chi connectivity index (χ3n) is 5.10. The molecule has 4 aromatic rings. The number of rotatable bonds is 4. The Labute approximate surface area is 176 Å². The summed E-state index contributed by atoms with van der Waals surface area (Å²) < 4.78 is 29.5. The maximum absolute atomic E-state index is 12.0. The number of nitrogens with two attached hydrogens (primary N) is 1. The summed E-state index contributed by atoms with van der Waals surface area (Å²) in [6.07, 6.45) is 4.71. The van der Waals surface area contributed by atoms with Crippen molar-refractivity contribution in [1.29, 1.82) is 0 Å². The molecule has 1 fully saturated rings. The van der Waals surface area contributed by atoms with Crippen LogP contribution < -0.4 is 10.6 Å². The number of anilines is 1. The number of aromatic nitrogens is 4. The Morgan fingerprint density at radius 3 is 2.83 bits per heavy atom. The van der Waals surface area contributed by atoms with Gasteiger partial charge in [0.2, 0.25) is 0 Å². The number of thiophene rings is 1. The Bertz CT molecular complexity index is 1340. The fourth-order valence-electron chi connectivity index (χ4n) is 3.48. The van der Waals surface area contributed by atoms with Crippen LogP contribution in [0.15, 0.2) is 30.6 Å². The molecule has 156 valence electrons. The van der Waals surface area contributed by atoms with E-state index < -0.39 is 15.2 Å². The largest absolute Gasteiger partial charge is 0.378 e. The molecule has 0 radical (unpaired) electrons. The minimum atomic E-state index is -3.43. The van der Waals surface area contributed by atoms with E-state index in [1.54, 1.807) is 12.3 Å². The third kappa shape index (κ3) is 3.43. The number of morpholine rings is 1. The summed E-state index contributed by atoms with van der Waals surface area (Å²) in [6, 6.07) is 5.73. The maximum atomic E-state index is 12.0. The number of hydrogen-bond acceptors (Lipinski definition) is 9. The van der Waals surface area contributed by atoms with Crippen LogP contribution in [0.4, 0.5) is 5.82 Å². The molecule has 0 amide bonds. The van der Waals surface area contributed by atoms with Crippen molar-refractivity contribution >= 4 is 48.2 Å². The number of hydrogen-bond donors (Lipinski definition) is 2. The molecule has 5 rings (SSSR count). The molecular formula is C19H20N6O3S2. The summed E-state index contributed by atoms with van der Waals surface area (Å²) in [6.45, 7) is 2.61. The van der Waals surface area contributed by atoms with E-state index in [1.165, 1.54) is 11.3 Å². The maximum Gasteiger partial charge on any atom is 0.168 e. The number of nitrogens with zero attached hydrogens (tertiary/aromatic N) is 4. The molecule has 0 bridgehead atoms. The minimum absolute atomic E-state index is 0.543. The number of H-pyrrole nitrogens is 1. The van der Waals surface area contributed by atoms with E-state index in [9.17, 15) is 8.42 Å². The molecule has 1 unspecified atom stereocenters. The molecule has 1 aliphatic rings. The first-order chi connectivity index (χ1) is 14.4. The van der Waals surface area contributed by atoms with Crippen molar-refractivity contribution in [1.82, 2.24) is 19.9 Å². The van der Waals surface area contributed by atoms with Crippen LogP contribution in [0.25, 0.3) is 32.6 Å². The first-order valence-corrected chi connectivity index (χ1v) is 12.2. The molecular weight excluding hydrogens is 424 g/mol. The van der Waals surface area contributed by atoms with Crippen LogP contribution in [0.5, 0.6) is 0 Å². The highest BCUT2D eigenvalue weighted by atomic mass is 32.2. The van der Waals surface area contributed by atoms with Gasteiger partial charge in [0.05, 0.1) is 18.6 Å². The zero-order valence-electron chi connectivity index (χ0n) is 16.2. The molecule has 4 aromatic heterocycles. The summed E-state index contributed by atoms with van der Waals surface area (Å²) in [5.41, 5.74) is 7.58. The van der Waals surface area contributed by atoms with Gasteiger partial charge >= 0.3 is 0 Å². The van der Waals surface area contributed by atoms with E-state index in [4.69, 9.17) is 20.4 Å². The molecule has 9 nitrogen and oxygen atoms in total. The smallest absolute Gasteiger partial charge is 0.168 e. The number of pyridine rings is 1. The molecule has 0 spiro atoms. The standard InChI is InChI=1S/C19H20N6O3S2/c1-30(26,27)15(20)14-9-13-18(25-4-6-28-7-5-25)23-17(24-19(13)29-14)12-8-11-2-3-21-16(11)22-10-12/h2-3,8-10,15H,4-7,20H2,1H3,(H,21,22). The van der Waals surface area contributed by atoms with Gasteiger partial charge in [-0.15, -0.1) is 11.3 Å². The first kappa shape index (κ1) is 19.4. The van der Waals surface area contributed by atoms with Crippen molar-refractivity contribution < 1.29 is 13.2 Å². The zero-order chi connectivity index (χ0) is 20.9. The molecule has 30 heavy (non-hydrogen) atoms. The number of ether oxygens (including phenoxy) is 1. The lowest BCUT2D eigenvalue weighted by Crippen LogP contribution is -2.37.